The third-order valence-electron chi connectivity index (χ3n) is 4.81. The third kappa shape index (κ3) is 1.80. The van der Waals surface area contributed by atoms with Gasteiger partial charge in [0.2, 0.25) is 0 Å². The maximum atomic E-state index is 13.6. The van der Waals surface area contributed by atoms with Crippen molar-refractivity contribution in [1.82, 2.24) is 0 Å². The van der Waals surface area contributed by atoms with Gasteiger partial charge in [0.1, 0.15) is 17.8 Å². The molecule has 2 nitrogen and oxygen atoms in total. The zero-order chi connectivity index (χ0) is 16.3. The van der Waals surface area contributed by atoms with Crippen LogP contribution in [-0.4, -0.2) is 6.17 Å². The van der Waals surface area contributed by atoms with E-state index in [1.165, 1.54) is 18.2 Å². The van der Waals surface area contributed by atoms with Crippen LogP contribution in [0.4, 0.5) is 31.5 Å². The summed E-state index contributed by atoms with van der Waals surface area (Å²) in [5, 5.41) is 0. The number of benzene rings is 3. The largest absolute Gasteiger partial charge is 0.318 e. The van der Waals surface area contributed by atoms with Gasteiger partial charge < -0.3 is 9.80 Å². The average Bonchev–Trinajstić information content (AvgIpc) is 3.09. The Labute approximate surface area is 138 Å². The predicted molar refractivity (Wildman–Crippen MR) is 91.0 cm³/mol. The third-order valence-corrected chi connectivity index (χ3v) is 4.81. The van der Waals surface area contributed by atoms with E-state index in [0.29, 0.717) is 0 Å². The molecule has 3 aromatic carbocycles. The lowest BCUT2D eigenvalue weighted by molar-refractivity contribution is 0.625. The quantitative estimate of drug-likeness (QED) is 0.613. The highest BCUT2D eigenvalue weighted by molar-refractivity contribution is 5.90. The van der Waals surface area contributed by atoms with E-state index < -0.39 is 0 Å². The van der Waals surface area contributed by atoms with Crippen LogP contribution in [0.3, 0.4) is 0 Å². The molecule has 2 aliphatic heterocycles. The van der Waals surface area contributed by atoms with Gasteiger partial charge in [-0.3, -0.25) is 0 Å². The first kappa shape index (κ1) is 13.5. The Bertz CT molecular complexity index is 922. The normalized spacial score (nSPS) is 17.7. The fraction of sp³-hybridized carbons (Fsp3) is 0.100. The Morgan fingerprint density at radius 2 is 1.38 bits per heavy atom. The monoisotopic (exact) mass is 320 g/mol. The molecule has 3 aromatic rings. The lowest BCUT2D eigenvalue weighted by Crippen LogP contribution is -2.35. The van der Waals surface area contributed by atoms with Crippen molar-refractivity contribution in [1.29, 1.82) is 0 Å². The van der Waals surface area contributed by atoms with Crippen molar-refractivity contribution in [3.8, 4) is 0 Å². The minimum atomic E-state index is -0.250. The number of rotatable bonds is 1. The van der Waals surface area contributed by atoms with Gasteiger partial charge in [-0.1, -0.05) is 12.1 Å². The number of hydrogen-bond acceptors (Lipinski definition) is 2. The average molecular weight is 320 g/mol. The number of anilines is 4. The Kier molecular flexibility index (Phi) is 2.71. The van der Waals surface area contributed by atoms with Crippen molar-refractivity contribution < 1.29 is 8.78 Å². The van der Waals surface area contributed by atoms with Gasteiger partial charge in [0.15, 0.2) is 0 Å². The molecule has 24 heavy (non-hydrogen) atoms. The molecular formula is C20H14F2N2. The van der Waals surface area contributed by atoms with E-state index in [0.717, 1.165) is 34.7 Å². The summed E-state index contributed by atoms with van der Waals surface area (Å²) < 4.78 is 27.0. The minimum Gasteiger partial charge on any atom is -0.318 e. The van der Waals surface area contributed by atoms with Crippen molar-refractivity contribution in [2.45, 2.75) is 12.6 Å². The molecule has 118 valence electrons. The van der Waals surface area contributed by atoms with Crippen LogP contribution in [0.25, 0.3) is 0 Å². The van der Waals surface area contributed by atoms with Crippen LogP contribution < -0.4 is 9.80 Å². The molecule has 0 bridgehead atoms. The molecule has 1 atom stereocenters. The van der Waals surface area contributed by atoms with E-state index in [9.17, 15) is 8.78 Å². The van der Waals surface area contributed by atoms with E-state index >= 15 is 0 Å². The van der Waals surface area contributed by atoms with Crippen LogP contribution in [0.15, 0.2) is 66.7 Å². The zero-order valence-electron chi connectivity index (χ0n) is 12.8. The van der Waals surface area contributed by atoms with Crippen molar-refractivity contribution in [3.05, 3.63) is 83.9 Å². The molecule has 0 spiro atoms. The maximum Gasteiger partial charge on any atom is 0.123 e. The topological polar surface area (TPSA) is 6.48 Å². The summed E-state index contributed by atoms with van der Waals surface area (Å²) in [6.45, 7) is 0. The van der Waals surface area contributed by atoms with Crippen LogP contribution in [0.5, 0.6) is 0 Å². The molecular weight excluding hydrogens is 306 g/mol. The molecule has 0 fully saturated rings. The molecule has 0 aromatic heterocycles. The molecule has 1 unspecified atom stereocenters. The first-order valence-electron chi connectivity index (χ1n) is 7.94. The smallest absolute Gasteiger partial charge is 0.123 e. The Hall–Kier alpha value is -2.88. The summed E-state index contributed by atoms with van der Waals surface area (Å²) >= 11 is 0. The highest BCUT2D eigenvalue weighted by Crippen LogP contribution is 2.52. The Morgan fingerprint density at radius 3 is 2.12 bits per heavy atom. The number of halogens is 2. The summed E-state index contributed by atoms with van der Waals surface area (Å²) in [5.74, 6) is -0.462. The van der Waals surface area contributed by atoms with Gasteiger partial charge in [-0.2, -0.15) is 0 Å². The number of fused-ring (bicyclic) bond motifs is 5. The van der Waals surface area contributed by atoms with E-state index in [-0.39, 0.29) is 17.8 Å². The predicted octanol–water partition coefficient (Wildman–Crippen LogP) is 5.14. The van der Waals surface area contributed by atoms with Gasteiger partial charge in [0.05, 0.1) is 11.4 Å². The van der Waals surface area contributed by atoms with Crippen molar-refractivity contribution in [3.63, 3.8) is 0 Å². The molecule has 0 aliphatic carbocycles. The second-order valence-corrected chi connectivity index (χ2v) is 6.16. The van der Waals surface area contributed by atoms with Crippen LogP contribution in [0.1, 0.15) is 5.56 Å². The summed E-state index contributed by atoms with van der Waals surface area (Å²) in [7, 11) is 0. The van der Waals surface area contributed by atoms with E-state index in [1.54, 1.807) is 18.2 Å². The number of nitrogens with zero attached hydrogens (tertiary/aromatic N) is 2. The van der Waals surface area contributed by atoms with Crippen LogP contribution in [0.2, 0.25) is 0 Å². The van der Waals surface area contributed by atoms with Crippen LogP contribution in [-0.2, 0) is 6.42 Å². The number of hydrogen-bond donors (Lipinski definition) is 0. The van der Waals surface area contributed by atoms with E-state index in [4.69, 9.17) is 0 Å². The summed E-state index contributed by atoms with van der Waals surface area (Å²) in [6, 6.07) is 19.6. The van der Waals surface area contributed by atoms with Gasteiger partial charge in [0, 0.05) is 17.8 Å². The van der Waals surface area contributed by atoms with E-state index in [2.05, 4.69) is 21.9 Å². The van der Waals surface area contributed by atoms with Gasteiger partial charge in [-0.25, -0.2) is 8.78 Å². The SMILES string of the molecule is Fc1ccc(N2c3ccccc3N3c4ccc(F)cc4CC23)cc1. The highest BCUT2D eigenvalue weighted by Gasteiger charge is 2.42. The second-order valence-electron chi connectivity index (χ2n) is 6.16. The Morgan fingerprint density at radius 1 is 0.708 bits per heavy atom. The standard InChI is InChI=1S/C20H14F2N2/c21-14-5-8-16(9-6-14)23-18-3-1-2-4-19(18)24-17-10-7-15(22)11-13(17)12-20(23)24/h1-11,20H,12H2. The number of para-hydroxylation sites is 2. The van der Waals surface area contributed by atoms with Gasteiger partial charge in [-0.05, 0) is 60.2 Å². The summed E-state index contributed by atoms with van der Waals surface area (Å²) in [6.07, 6.45) is 0.767. The molecule has 0 saturated heterocycles. The Balaban J connectivity index is 1.69. The molecule has 0 N–H and O–H groups in total. The first-order chi connectivity index (χ1) is 11.7. The molecule has 2 heterocycles. The summed E-state index contributed by atoms with van der Waals surface area (Å²) in [5.41, 5.74) is 5.16. The van der Waals surface area contributed by atoms with Gasteiger partial charge >= 0.3 is 0 Å². The molecule has 2 aliphatic rings. The fourth-order valence-corrected chi connectivity index (χ4v) is 3.84. The van der Waals surface area contributed by atoms with E-state index in [1.807, 2.05) is 18.2 Å². The molecule has 5 rings (SSSR count). The highest BCUT2D eigenvalue weighted by atomic mass is 19.1. The molecule has 0 saturated carbocycles. The lowest BCUT2D eigenvalue weighted by Gasteiger charge is -2.27. The molecule has 4 heteroatoms. The second kappa shape index (κ2) is 4.81. The molecule has 0 amide bonds. The van der Waals surface area contributed by atoms with Gasteiger partial charge in [0.25, 0.3) is 0 Å². The summed E-state index contributed by atoms with van der Waals surface area (Å²) in [4.78, 5) is 4.44. The van der Waals surface area contributed by atoms with Crippen LogP contribution in [0, 0.1) is 11.6 Å². The lowest BCUT2D eigenvalue weighted by atomic mass is 10.1. The van der Waals surface area contributed by atoms with Gasteiger partial charge in [-0.15, -0.1) is 0 Å². The van der Waals surface area contributed by atoms with Crippen molar-refractivity contribution in [2.24, 2.45) is 0 Å². The van der Waals surface area contributed by atoms with Crippen LogP contribution >= 0.6 is 0 Å². The first-order valence-corrected chi connectivity index (χ1v) is 7.94. The molecule has 0 radical (unpaired) electrons. The zero-order valence-corrected chi connectivity index (χ0v) is 12.8. The maximum absolute atomic E-state index is 13.6. The van der Waals surface area contributed by atoms with Crippen molar-refractivity contribution >= 4 is 22.7 Å². The van der Waals surface area contributed by atoms with Crippen molar-refractivity contribution in [2.75, 3.05) is 9.80 Å². The fourth-order valence-electron chi connectivity index (χ4n) is 3.84. The minimum absolute atomic E-state index is 0.0460.